The third kappa shape index (κ3) is 5.75. The maximum absolute atomic E-state index is 14.1. The topological polar surface area (TPSA) is 4.93 Å². The summed E-state index contributed by atoms with van der Waals surface area (Å²) >= 11 is 0. The summed E-state index contributed by atoms with van der Waals surface area (Å²) in [7, 11) is -3.01. The summed E-state index contributed by atoms with van der Waals surface area (Å²) in [6.07, 6.45) is -9.39. The molecule has 1 aromatic heterocycles. The normalized spacial score (nSPS) is 12.3. The Bertz CT molecular complexity index is 2770. The van der Waals surface area contributed by atoms with E-state index in [0.717, 1.165) is 66.9 Å². The van der Waals surface area contributed by atoms with Crippen LogP contribution >= 0.6 is 0 Å². The van der Waals surface area contributed by atoms with Crippen molar-refractivity contribution in [2.75, 3.05) is 0 Å². The number of aromatic nitrogens is 1. The van der Waals surface area contributed by atoms with Crippen molar-refractivity contribution < 1.29 is 26.3 Å². The van der Waals surface area contributed by atoms with Crippen molar-refractivity contribution in [1.29, 1.82) is 0 Å². The van der Waals surface area contributed by atoms with E-state index >= 15 is 0 Å². The van der Waals surface area contributed by atoms with Crippen LogP contribution in [0.4, 0.5) is 26.3 Å². The van der Waals surface area contributed by atoms with E-state index in [2.05, 4.69) is 47.9 Å². The molecule has 0 spiro atoms. The molecule has 0 amide bonds. The molecule has 0 aliphatic rings. The molecule has 9 rings (SSSR count). The van der Waals surface area contributed by atoms with Gasteiger partial charge in [0.15, 0.2) is 0 Å². The number of rotatable bonds is 4. The molecule has 272 valence electrons. The quantitative estimate of drug-likeness (QED) is 0.0553. The lowest BCUT2D eigenvalue weighted by Gasteiger charge is -2.28. The SMILES string of the molecule is FC(F)(F)c1ccc2c(c1)c1cc(C(F)(F)F)ccc1n2-c1c2ccccc2c(C#C[Si](c2ccccc2)(c2ccccc2)c2ccccc2)c2ccccc12. The van der Waals surface area contributed by atoms with Gasteiger partial charge in [-0.2, -0.15) is 26.3 Å². The summed E-state index contributed by atoms with van der Waals surface area (Å²) in [4.78, 5) is 0. The smallest absolute Gasteiger partial charge is 0.308 e. The second-order valence-electron chi connectivity index (χ2n) is 13.7. The van der Waals surface area contributed by atoms with Gasteiger partial charge >= 0.3 is 12.4 Å². The van der Waals surface area contributed by atoms with Crippen LogP contribution in [0.2, 0.25) is 0 Å². The van der Waals surface area contributed by atoms with Crippen molar-refractivity contribution in [3.63, 3.8) is 0 Å². The average molecular weight is 762 g/mol. The zero-order chi connectivity index (χ0) is 38.7. The Kier molecular flexibility index (Phi) is 8.37. The molecule has 0 N–H and O–H groups in total. The number of alkyl halides is 6. The fourth-order valence-electron chi connectivity index (χ4n) is 8.04. The first-order valence-electron chi connectivity index (χ1n) is 17.9. The largest absolute Gasteiger partial charge is 0.416 e. The highest BCUT2D eigenvalue weighted by molar-refractivity contribution is 7.16. The highest BCUT2D eigenvalue weighted by Crippen LogP contribution is 2.43. The molecule has 56 heavy (non-hydrogen) atoms. The minimum atomic E-state index is -4.69. The third-order valence-electron chi connectivity index (χ3n) is 10.5. The monoisotopic (exact) mass is 761 g/mol. The first-order valence-corrected chi connectivity index (χ1v) is 19.9. The van der Waals surface area contributed by atoms with Crippen LogP contribution in [0.3, 0.4) is 0 Å². The molecule has 0 atom stereocenters. The van der Waals surface area contributed by atoms with Gasteiger partial charge < -0.3 is 4.57 Å². The zero-order valence-corrected chi connectivity index (χ0v) is 30.5. The summed E-state index contributed by atoms with van der Waals surface area (Å²) in [6, 6.07) is 53.0. The van der Waals surface area contributed by atoms with Gasteiger partial charge in [0.05, 0.1) is 27.8 Å². The number of hydrogen-bond donors (Lipinski definition) is 0. The van der Waals surface area contributed by atoms with E-state index < -0.39 is 31.6 Å². The van der Waals surface area contributed by atoms with Gasteiger partial charge in [-0.05, 0) is 52.0 Å². The Morgan fingerprint density at radius 2 is 0.750 bits per heavy atom. The standard InChI is InChI=1S/C48H29F6NSi/c49-47(50,51)32-24-26-44-42(30-32)43-31-33(48(52,53)54)25-27-45(43)55(44)46-40-22-12-10-20-37(40)39(38-21-11-13-23-41(38)46)28-29-56(34-14-4-1-5-15-34,35-16-6-2-7-17-35)36-18-8-3-9-19-36/h1-27,30-31H. The molecule has 0 saturated heterocycles. The molecule has 0 unspecified atom stereocenters. The van der Waals surface area contributed by atoms with Crippen LogP contribution < -0.4 is 15.6 Å². The van der Waals surface area contributed by atoms with Gasteiger partial charge in [-0.15, -0.1) is 5.54 Å². The molecule has 0 radical (unpaired) electrons. The van der Waals surface area contributed by atoms with Gasteiger partial charge in [-0.3, -0.25) is 0 Å². The van der Waals surface area contributed by atoms with Gasteiger partial charge in [0.2, 0.25) is 8.07 Å². The highest BCUT2D eigenvalue weighted by Gasteiger charge is 2.38. The van der Waals surface area contributed by atoms with Crippen LogP contribution in [-0.4, -0.2) is 12.6 Å². The predicted octanol–water partition coefficient (Wildman–Crippen LogP) is 11.2. The van der Waals surface area contributed by atoms with Crippen LogP contribution in [0.5, 0.6) is 0 Å². The summed E-state index contributed by atoms with van der Waals surface area (Å²) in [6.45, 7) is 0. The number of hydrogen-bond acceptors (Lipinski definition) is 0. The summed E-state index contributed by atoms with van der Waals surface area (Å²) < 4.78 is 86.2. The fraction of sp³-hybridized carbons (Fsp3) is 0.0417. The Labute approximate surface area is 319 Å². The second-order valence-corrected chi connectivity index (χ2v) is 17.2. The van der Waals surface area contributed by atoms with Crippen LogP contribution in [-0.2, 0) is 12.4 Å². The molecule has 9 aromatic rings. The zero-order valence-electron chi connectivity index (χ0n) is 29.5. The molecular weight excluding hydrogens is 733 g/mol. The maximum atomic E-state index is 14.1. The molecule has 0 aliphatic carbocycles. The van der Waals surface area contributed by atoms with Crippen molar-refractivity contribution in [3.8, 4) is 17.2 Å². The summed E-state index contributed by atoms with van der Waals surface area (Å²) in [5, 5.41) is 6.62. The lowest BCUT2D eigenvalue weighted by Crippen LogP contribution is -2.66. The first-order chi connectivity index (χ1) is 27.1. The number of halogens is 6. The summed E-state index contributed by atoms with van der Waals surface area (Å²) in [5.74, 6) is 3.71. The second kappa shape index (κ2) is 13.3. The van der Waals surface area contributed by atoms with Gasteiger partial charge in [0, 0.05) is 37.9 Å². The van der Waals surface area contributed by atoms with Crippen molar-refractivity contribution in [2.24, 2.45) is 0 Å². The molecule has 8 heteroatoms. The van der Waals surface area contributed by atoms with E-state index in [1.807, 2.05) is 103 Å². The maximum Gasteiger partial charge on any atom is 0.416 e. The molecule has 8 aromatic carbocycles. The predicted molar refractivity (Wildman–Crippen MR) is 217 cm³/mol. The number of fused-ring (bicyclic) bond motifs is 5. The van der Waals surface area contributed by atoms with E-state index in [1.165, 1.54) is 12.1 Å². The molecule has 0 fully saturated rings. The fourth-order valence-corrected chi connectivity index (χ4v) is 11.9. The molecule has 0 aliphatic heterocycles. The van der Waals surface area contributed by atoms with E-state index in [-0.39, 0.29) is 10.8 Å². The Balaban J connectivity index is 1.39. The van der Waals surface area contributed by atoms with Crippen molar-refractivity contribution in [2.45, 2.75) is 12.4 Å². The van der Waals surface area contributed by atoms with E-state index in [1.54, 1.807) is 4.57 Å². The molecule has 1 nitrogen and oxygen atoms in total. The first kappa shape index (κ1) is 35.2. The molecule has 0 saturated carbocycles. The van der Waals surface area contributed by atoms with Gasteiger partial charge in [0.1, 0.15) is 0 Å². The molecule has 1 heterocycles. The third-order valence-corrected chi connectivity index (χ3v) is 14.6. The minimum Gasteiger partial charge on any atom is -0.308 e. The minimum absolute atomic E-state index is 0.0716. The lowest BCUT2D eigenvalue weighted by atomic mass is 9.94. The van der Waals surface area contributed by atoms with Crippen molar-refractivity contribution in [3.05, 3.63) is 193 Å². The van der Waals surface area contributed by atoms with Crippen LogP contribution in [0.25, 0.3) is 49.0 Å². The van der Waals surface area contributed by atoms with E-state index in [0.29, 0.717) is 16.7 Å². The highest BCUT2D eigenvalue weighted by atomic mass is 28.3. The lowest BCUT2D eigenvalue weighted by molar-refractivity contribution is -0.138. The summed E-state index contributed by atoms with van der Waals surface area (Å²) in [5.41, 5.74) is 4.14. The average Bonchev–Trinajstić information content (AvgIpc) is 3.54. The number of nitrogens with zero attached hydrogens (tertiary/aromatic N) is 1. The molecular formula is C48H29F6NSi. The van der Waals surface area contributed by atoms with Crippen molar-refractivity contribution >= 4 is 67.0 Å². The van der Waals surface area contributed by atoms with E-state index in [4.69, 9.17) is 0 Å². The van der Waals surface area contributed by atoms with Gasteiger partial charge in [-0.25, -0.2) is 0 Å². The molecule has 0 bridgehead atoms. The van der Waals surface area contributed by atoms with Crippen LogP contribution in [0.1, 0.15) is 16.7 Å². The van der Waals surface area contributed by atoms with Crippen LogP contribution in [0.15, 0.2) is 176 Å². The van der Waals surface area contributed by atoms with E-state index in [9.17, 15) is 26.3 Å². The number of benzene rings is 8. The van der Waals surface area contributed by atoms with Gasteiger partial charge in [0.25, 0.3) is 0 Å². The Hall–Kier alpha value is -6.56. The van der Waals surface area contributed by atoms with Crippen molar-refractivity contribution in [1.82, 2.24) is 4.57 Å². The Morgan fingerprint density at radius 1 is 0.393 bits per heavy atom. The van der Waals surface area contributed by atoms with Crippen LogP contribution in [0, 0.1) is 11.5 Å². The Morgan fingerprint density at radius 3 is 1.12 bits per heavy atom. The van der Waals surface area contributed by atoms with Gasteiger partial charge in [-0.1, -0.05) is 145 Å².